The van der Waals surface area contributed by atoms with Gasteiger partial charge in [-0.15, -0.1) is 0 Å². The molecule has 1 aromatic heterocycles. The Bertz CT molecular complexity index is 1230. The highest BCUT2D eigenvalue weighted by molar-refractivity contribution is 8.26. The fraction of sp³-hybridized carbons (Fsp3) is 0.417. The largest absolute Gasteiger partial charge is 0.503 e. The number of nitrogens with zero attached hydrogens (tertiary/aromatic N) is 1. The number of hydrogen-bond donors (Lipinski definition) is 5. The molecular formula is C24H29F2N5O3S. The van der Waals surface area contributed by atoms with Gasteiger partial charge in [0.05, 0.1) is 16.3 Å². The molecule has 3 atom stereocenters. The summed E-state index contributed by atoms with van der Waals surface area (Å²) in [4.78, 5) is 30.1. The van der Waals surface area contributed by atoms with Gasteiger partial charge in [0.25, 0.3) is 5.91 Å². The maximum absolute atomic E-state index is 14.1. The zero-order valence-corrected chi connectivity index (χ0v) is 20.8. The average Bonchev–Trinajstić information content (AvgIpc) is 3.21. The summed E-state index contributed by atoms with van der Waals surface area (Å²) in [7, 11) is 3.37. The molecule has 1 aromatic carbocycles. The van der Waals surface area contributed by atoms with E-state index in [0.717, 1.165) is 37.6 Å². The number of pyridine rings is 1. The summed E-state index contributed by atoms with van der Waals surface area (Å²) in [5.41, 5.74) is -1.96. The van der Waals surface area contributed by atoms with Crippen molar-refractivity contribution >= 4 is 27.8 Å². The van der Waals surface area contributed by atoms with Gasteiger partial charge >= 0.3 is 0 Å². The van der Waals surface area contributed by atoms with Gasteiger partial charge in [-0.1, -0.05) is 31.7 Å². The average molecular weight is 506 g/mol. The number of thioether (sulfide) groups is 1. The van der Waals surface area contributed by atoms with Crippen LogP contribution >= 0.6 is 11.8 Å². The van der Waals surface area contributed by atoms with Gasteiger partial charge in [-0.05, 0) is 43.9 Å². The van der Waals surface area contributed by atoms with Crippen molar-refractivity contribution in [3.8, 4) is 5.75 Å². The Labute approximate surface area is 206 Å². The van der Waals surface area contributed by atoms with E-state index in [0.29, 0.717) is 17.7 Å². The minimum atomic E-state index is -0.926. The predicted molar refractivity (Wildman–Crippen MR) is 133 cm³/mol. The highest BCUT2D eigenvalue weighted by Gasteiger charge is 2.42. The first-order chi connectivity index (χ1) is 16.4. The smallest absolute Gasteiger partial charge is 0.275 e. The van der Waals surface area contributed by atoms with E-state index in [2.05, 4.69) is 17.2 Å². The molecule has 1 amide bonds. The SMILES string of the molecule is CNC1(N(C)C(=O)c2[nH]cc(C(=N)SC(=N)C(C)c3ccc(F)cc3F)c(=O)c2O)CC[C@H](C)C1. The number of carbonyl (C=O) groups excluding carboxylic acids is 1. The number of aromatic nitrogens is 1. The third-order valence-electron chi connectivity index (χ3n) is 6.70. The lowest BCUT2D eigenvalue weighted by Gasteiger charge is -2.39. The molecule has 1 saturated carbocycles. The van der Waals surface area contributed by atoms with Gasteiger partial charge in [0.2, 0.25) is 5.43 Å². The molecule has 3 rings (SSSR count). The monoisotopic (exact) mass is 505 g/mol. The number of halogens is 2. The van der Waals surface area contributed by atoms with E-state index >= 15 is 0 Å². The summed E-state index contributed by atoms with van der Waals surface area (Å²) in [5, 5.41) is 29.7. The fourth-order valence-electron chi connectivity index (χ4n) is 4.43. The first-order valence-electron chi connectivity index (χ1n) is 11.1. The molecule has 35 heavy (non-hydrogen) atoms. The number of hydrogen-bond acceptors (Lipinski definition) is 7. The van der Waals surface area contributed by atoms with Gasteiger partial charge in [-0.25, -0.2) is 8.78 Å². The lowest BCUT2D eigenvalue weighted by molar-refractivity contribution is 0.0479. The number of nitrogens with one attached hydrogen (secondary N) is 4. The Hall–Kier alpha value is -3.05. The van der Waals surface area contributed by atoms with Gasteiger partial charge in [-0.3, -0.25) is 25.7 Å². The zero-order chi connectivity index (χ0) is 26.1. The molecule has 0 bridgehead atoms. The molecule has 0 aliphatic heterocycles. The standard InChI is InChI=1S/C24H29F2N5O3S/c1-12-7-8-24(10-12,29-3)31(4)23(34)18-20(33)19(32)16(11-30-18)22(28)35-21(27)13(2)15-6-5-14(25)9-17(15)26/h5-6,9,11-13,27-29,33H,7-8,10H2,1-4H3,(H,30,32)/t12-,13?,24?/m0/s1. The zero-order valence-electron chi connectivity index (χ0n) is 20.0. The van der Waals surface area contributed by atoms with Crippen molar-refractivity contribution in [2.45, 2.75) is 44.7 Å². The van der Waals surface area contributed by atoms with Gasteiger partial charge in [0.15, 0.2) is 11.4 Å². The van der Waals surface area contributed by atoms with Crippen LogP contribution in [0.1, 0.15) is 60.6 Å². The number of rotatable bonds is 6. The van der Waals surface area contributed by atoms with Crippen LogP contribution in [-0.4, -0.2) is 50.7 Å². The Morgan fingerprint density at radius 2 is 2.06 bits per heavy atom. The van der Waals surface area contributed by atoms with Crippen molar-refractivity contribution in [1.82, 2.24) is 15.2 Å². The summed E-state index contributed by atoms with van der Waals surface area (Å²) in [5.74, 6) is -3.32. The quantitative estimate of drug-likeness (QED) is 0.230. The van der Waals surface area contributed by atoms with Crippen molar-refractivity contribution in [1.29, 1.82) is 10.8 Å². The normalized spacial score (nSPS) is 20.5. The van der Waals surface area contributed by atoms with Crippen LogP contribution in [0.4, 0.5) is 8.78 Å². The van der Waals surface area contributed by atoms with Crippen molar-refractivity contribution in [2.75, 3.05) is 14.1 Å². The molecule has 5 N–H and O–H groups in total. The molecule has 8 nitrogen and oxygen atoms in total. The van der Waals surface area contributed by atoms with E-state index in [1.54, 1.807) is 14.1 Å². The summed E-state index contributed by atoms with van der Waals surface area (Å²) < 4.78 is 27.3. The lowest BCUT2D eigenvalue weighted by Crippen LogP contribution is -2.56. The Balaban J connectivity index is 1.80. The van der Waals surface area contributed by atoms with E-state index in [4.69, 9.17) is 10.8 Å². The second-order valence-corrected chi connectivity index (χ2v) is 9.98. The Morgan fingerprint density at radius 1 is 1.37 bits per heavy atom. The first-order valence-corrected chi connectivity index (χ1v) is 12.0. The van der Waals surface area contributed by atoms with Crippen LogP contribution < -0.4 is 10.7 Å². The fourth-order valence-corrected chi connectivity index (χ4v) is 5.21. The van der Waals surface area contributed by atoms with Gasteiger partial charge < -0.3 is 15.0 Å². The first kappa shape index (κ1) is 26.6. The molecule has 1 aliphatic rings. The van der Waals surface area contributed by atoms with Crippen molar-refractivity contribution in [2.24, 2.45) is 5.92 Å². The molecule has 11 heteroatoms. The van der Waals surface area contributed by atoms with E-state index in [1.807, 2.05) is 0 Å². The van der Waals surface area contributed by atoms with E-state index in [9.17, 15) is 23.5 Å². The van der Waals surface area contributed by atoms with Crippen LogP contribution in [0.5, 0.6) is 5.75 Å². The van der Waals surface area contributed by atoms with E-state index < -0.39 is 40.3 Å². The summed E-state index contributed by atoms with van der Waals surface area (Å²) >= 11 is 0.605. The molecule has 188 valence electrons. The number of carbonyl (C=O) groups is 1. The number of benzene rings is 1. The molecule has 1 aliphatic carbocycles. The number of H-pyrrole nitrogens is 1. The topological polar surface area (TPSA) is 133 Å². The molecule has 2 aromatic rings. The molecule has 0 radical (unpaired) electrons. The Kier molecular flexibility index (Phi) is 7.80. The molecule has 1 fully saturated rings. The van der Waals surface area contributed by atoms with Gasteiger partial charge in [0.1, 0.15) is 16.7 Å². The summed E-state index contributed by atoms with van der Waals surface area (Å²) in [6.45, 7) is 3.62. The van der Waals surface area contributed by atoms with Crippen LogP contribution in [-0.2, 0) is 0 Å². The highest BCUT2D eigenvalue weighted by Crippen LogP contribution is 2.37. The van der Waals surface area contributed by atoms with Crippen molar-refractivity contribution in [3.63, 3.8) is 0 Å². The predicted octanol–water partition coefficient (Wildman–Crippen LogP) is 4.01. The molecule has 2 unspecified atom stereocenters. The maximum atomic E-state index is 14.1. The van der Waals surface area contributed by atoms with Gasteiger partial charge in [-0.2, -0.15) is 0 Å². The summed E-state index contributed by atoms with van der Waals surface area (Å²) in [6, 6.07) is 3.03. The second-order valence-electron chi connectivity index (χ2n) is 8.93. The van der Waals surface area contributed by atoms with E-state index in [1.165, 1.54) is 17.9 Å². The lowest BCUT2D eigenvalue weighted by atomic mass is 10.0. The summed E-state index contributed by atoms with van der Waals surface area (Å²) in [6.07, 6.45) is 3.54. The van der Waals surface area contributed by atoms with Gasteiger partial charge in [0, 0.05) is 25.2 Å². The van der Waals surface area contributed by atoms with E-state index in [-0.39, 0.29) is 26.9 Å². The van der Waals surface area contributed by atoms with Crippen LogP contribution in [0.25, 0.3) is 0 Å². The third kappa shape index (κ3) is 5.15. The van der Waals surface area contributed by atoms with Crippen LogP contribution in [0.2, 0.25) is 0 Å². The minimum absolute atomic E-state index is 0.0807. The Morgan fingerprint density at radius 3 is 2.63 bits per heavy atom. The van der Waals surface area contributed by atoms with Crippen LogP contribution in [0.3, 0.4) is 0 Å². The van der Waals surface area contributed by atoms with Crippen LogP contribution in [0.15, 0.2) is 29.2 Å². The maximum Gasteiger partial charge on any atom is 0.275 e. The third-order valence-corrected chi connectivity index (χ3v) is 7.70. The second kappa shape index (κ2) is 10.3. The molecule has 0 saturated heterocycles. The van der Waals surface area contributed by atoms with Crippen molar-refractivity contribution < 1.29 is 18.7 Å². The van der Waals surface area contributed by atoms with Crippen LogP contribution in [0, 0.1) is 28.4 Å². The van der Waals surface area contributed by atoms with Crippen molar-refractivity contribution in [3.05, 3.63) is 63.1 Å². The minimum Gasteiger partial charge on any atom is -0.503 e. The number of aromatic amines is 1. The highest BCUT2D eigenvalue weighted by atomic mass is 32.2. The molecule has 0 spiro atoms. The molecule has 1 heterocycles. The number of aromatic hydroxyl groups is 1. The molecular weight excluding hydrogens is 476 g/mol. The number of amides is 1.